The van der Waals surface area contributed by atoms with Gasteiger partial charge < -0.3 is 5.32 Å². The van der Waals surface area contributed by atoms with Crippen molar-refractivity contribution in [3.63, 3.8) is 0 Å². The Morgan fingerprint density at radius 3 is 2.56 bits per heavy atom. The number of hydrogen-bond acceptors (Lipinski definition) is 4. The topological polar surface area (TPSA) is 75.1 Å². The van der Waals surface area contributed by atoms with Crippen molar-refractivity contribution in [2.75, 3.05) is 5.32 Å². The second-order valence-corrected chi connectivity index (χ2v) is 5.61. The largest absolute Gasteiger partial charge is 0.326 e. The Morgan fingerprint density at radius 2 is 1.92 bits per heavy atom. The number of aromatic amines is 1. The van der Waals surface area contributed by atoms with Gasteiger partial charge in [0.25, 0.3) is 0 Å². The van der Waals surface area contributed by atoms with Gasteiger partial charge >= 0.3 is 0 Å². The highest BCUT2D eigenvalue weighted by atomic mass is 32.1. The molecule has 0 atom stereocenters. The molecular formula is C17H14FN5OS. The van der Waals surface area contributed by atoms with Crippen LogP contribution < -0.4 is 5.32 Å². The van der Waals surface area contributed by atoms with Crippen LogP contribution in [0.5, 0.6) is 0 Å². The fraction of sp³-hybridized carbons (Fsp3) is 0.0588. The highest BCUT2D eigenvalue weighted by Gasteiger charge is 2.08. The van der Waals surface area contributed by atoms with E-state index in [0.29, 0.717) is 21.8 Å². The zero-order chi connectivity index (χ0) is 17.8. The number of carbonyl (C=O) groups is 1. The van der Waals surface area contributed by atoms with Crippen LogP contribution in [0.1, 0.15) is 12.5 Å². The lowest BCUT2D eigenvalue weighted by molar-refractivity contribution is -0.114. The van der Waals surface area contributed by atoms with Crippen LogP contribution in [0.2, 0.25) is 0 Å². The molecule has 25 heavy (non-hydrogen) atoms. The van der Waals surface area contributed by atoms with Crippen LogP contribution in [-0.4, -0.2) is 27.0 Å². The maximum Gasteiger partial charge on any atom is 0.221 e. The average Bonchev–Trinajstić information content (AvgIpc) is 2.95. The second-order valence-electron chi connectivity index (χ2n) is 5.22. The molecule has 0 aliphatic rings. The third-order valence-electron chi connectivity index (χ3n) is 3.31. The van der Waals surface area contributed by atoms with Crippen molar-refractivity contribution >= 4 is 30.0 Å². The molecule has 0 radical (unpaired) electrons. The van der Waals surface area contributed by atoms with Crippen molar-refractivity contribution in [1.82, 2.24) is 14.9 Å². The maximum absolute atomic E-state index is 13.1. The number of rotatable bonds is 4. The first-order chi connectivity index (χ1) is 12.0. The molecular weight excluding hydrogens is 341 g/mol. The predicted molar refractivity (Wildman–Crippen MR) is 96.5 cm³/mol. The Labute approximate surface area is 148 Å². The summed E-state index contributed by atoms with van der Waals surface area (Å²) in [5, 5.41) is 13.8. The Morgan fingerprint density at radius 1 is 1.24 bits per heavy atom. The summed E-state index contributed by atoms with van der Waals surface area (Å²) in [6, 6.07) is 13.1. The van der Waals surface area contributed by atoms with Gasteiger partial charge in [0.2, 0.25) is 10.7 Å². The van der Waals surface area contributed by atoms with Crippen LogP contribution >= 0.6 is 12.2 Å². The van der Waals surface area contributed by atoms with Gasteiger partial charge in [0, 0.05) is 18.2 Å². The van der Waals surface area contributed by atoms with Crippen LogP contribution in [0.15, 0.2) is 53.6 Å². The minimum absolute atomic E-state index is 0.130. The van der Waals surface area contributed by atoms with Gasteiger partial charge in [0.1, 0.15) is 5.82 Å². The molecule has 3 rings (SSSR count). The molecule has 8 heteroatoms. The summed E-state index contributed by atoms with van der Waals surface area (Å²) >= 11 is 5.19. The zero-order valence-electron chi connectivity index (χ0n) is 13.2. The molecule has 0 aliphatic carbocycles. The first-order valence-electron chi connectivity index (χ1n) is 7.38. The predicted octanol–water partition coefficient (Wildman–Crippen LogP) is 3.59. The number of amides is 1. The van der Waals surface area contributed by atoms with Crippen molar-refractivity contribution in [1.29, 1.82) is 0 Å². The first-order valence-corrected chi connectivity index (χ1v) is 7.79. The molecule has 3 aromatic rings. The number of nitrogens with one attached hydrogen (secondary N) is 2. The molecule has 0 aliphatic heterocycles. The summed E-state index contributed by atoms with van der Waals surface area (Å²) in [7, 11) is 0. The van der Waals surface area contributed by atoms with E-state index in [1.807, 2.05) is 12.1 Å². The highest BCUT2D eigenvalue weighted by molar-refractivity contribution is 7.71. The van der Waals surface area contributed by atoms with E-state index in [1.54, 1.807) is 30.5 Å². The standard InChI is InChI=1S/C17H14FN5OS/c1-11(24)20-15-8-2-12(3-9-15)10-19-23-16(21-22-17(23)25)13-4-6-14(18)7-5-13/h2-10H,1H3,(H,20,24)(H,22,25)/b19-10-. The van der Waals surface area contributed by atoms with Crippen LogP contribution in [-0.2, 0) is 4.79 Å². The van der Waals surface area contributed by atoms with E-state index in [9.17, 15) is 9.18 Å². The molecule has 1 amide bonds. The van der Waals surface area contributed by atoms with Crippen molar-refractivity contribution in [3.05, 3.63) is 64.7 Å². The van der Waals surface area contributed by atoms with Crippen molar-refractivity contribution in [2.24, 2.45) is 5.10 Å². The van der Waals surface area contributed by atoms with Crippen LogP contribution in [0.25, 0.3) is 11.4 Å². The Balaban J connectivity index is 1.86. The molecule has 1 aromatic heterocycles. The third-order valence-corrected chi connectivity index (χ3v) is 3.57. The monoisotopic (exact) mass is 355 g/mol. The van der Waals surface area contributed by atoms with Gasteiger partial charge in [0.15, 0.2) is 5.82 Å². The van der Waals surface area contributed by atoms with E-state index in [0.717, 1.165) is 5.56 Å². The molecule has 2 N–H and O–H groups in total. The molecule has 0 spiro atoms. The smallest absolute Gasteiger partial charge is 0.221 e. The summed E-state index contributed by atoms with van der Waals surface area (Å²) in [6.45, 7) is 1.45. The van der Waals surface area contributed by atoms with E-state index in [2.05, 4.69) is 20.6 Å². The molecule has 0 unspecified atom stereocenters. The molecule has 6 nitrogen and oxygen atoms in total. The van der Waals surface area contributed by atoms with Crippen molar-refractivity contribution in [3.8, 4) is 11.4 Å². The number of benzene rings is 2. The quantitative estimate of drug-likeness (QED) is 0.555. The van der Waals surface area contributed by atoms with Crippen LogP contribution in [0.4, 0.5) is 10.1 Å². The van der Waals surface area contributed by atoms with Gasteiger partial charge in [-0.25, -0.2) is 9.49 Å². The minimum Gasteiger partial charge on any atom is -0.326 e. The number of aromatic nitrogens is 3. The molecule has 1 heterocycles. The summed E-state index contributed by atoms with van der Waals surface area (Å²) in [5.41, 5.74) is 2.21. The van der Waals surface area contributed by atoms with Crippen LogP contribution in [0, 0.1) is 10.6 Å². The number of anilines is 1. The molecule has 0 bridgehead atoms. The fourth-order valence-corrected chi connectivity index (χ4v) is 2.34. The average molecular weight is 355 g/mol. The maximum atomic E-state index is 13.1. The van der Waals surface area contributed by atoms with Crippen molar-refractivity contribution in [2.45, 2.75) is 6.92 Å². The Bertz CT molecular complexity index is 974. The van der Waals surface area contributed by atoms with E-state index < -0.39 is 0 Å². The molecule has 0 saturated carbocycles. The van der Waals surface area contributed by atoms with E-state index in [4.69, 9.17) is 12.2 Å². The lowest BCUT2D eigenvalue weighted by Crippen LogP contribution is -2.05. The number of hydrogen-bond donors (Lipinski definition) is 2. The van der Waals surface area contributed by atoms with Gasteiger partial charge in [-0.3, -0.25) is 4.79 Å². The third kappa shape index (κ3) is 4.04. The second kappa shape index (κ2) is 7.18. The van der Waals surface area contributed by atoms with Crippen molar-refractivity contribution < 1.29 is 9.18 Å². The molecule has 126 valence electrons. The molecule has 0 saturated heterocycles. The number of carbonyl (C=O) groups excluding carboxylic acids is 1. The number of halogens is 1. The Kier molecular flexibility index (Phi) is 4.80. The summed E-state index contributed by atoms with van der Waals surface area (Å²) < 4.78 is 14.9. The van der Waals surface area contributed by atoms with E-state index in [-0.39, 0.29) is 11.7 Å². The van der Waals surface area contributed by atoms with E-state index >= 15 is 0 Å². The molecule has 0 fully saturated rings. The minimum atomic E-state index is -0.327. The van der Waals surface area contributed by atoms with E-state index in [1.165, 1.54) is 23.7 Å². The highest BCUT2D eigenvalue weighted by Crippen LogP contribution is 2.17. The molecule has 2 aromatic carbocycles. The van der Waals surface area contributed by atoms with Gasteiger partial charge in [-0.05, 0) is 54.2 Å². The number of H-pyrrole nitrogens is 1. The summed E-state index contributed by atoms with van der Waals surface area (Å²) in [6.07, 6.45) is 1.62. The normalized spacial score (nSPS) is 11.0. The van der Waals surface area contributed by atoms with Gasteiger partial charge in [0.05, 0.1) is 6.21 Å². The van der Waals surface area contributed by atoms with Gasteiger partial charge in [-0.15, -0.1) is 0 Å². The van der Waals surface area contributed by atoms with Gasteiger partial charge in [-0.2, -0.15) is 14.9 Å². The zero-order valence-corrected chi connectivity index (χ0v) is 14.0. The fourth-order valence-electron chi connectivity index (χ4n) is 2.16. The summed E-state index contributed by atoms with van der Waals surface area (Å²) in [5.74, 6) is 0.0263. The lowest BCUT2D eigenvalue weighted by atomic mass is 10.2. The number of nitrogens with zero attached hydrogens (tertiary/aromatic N) is 3. The first kappa shape index (κ1) is 16.7. The SMILES string of the molecule is CC(=O)Nc1ccc(/C=N\n2c(-c3ccc(F)cc3)n[nH]c2=S)cc1. The lowest BCUT2D eigenvalue weighted by Gasteiger charge is -2.02. The Hall–Kier alpha value is -3.13. The van der Waals surface area contributed by atoms with Crippen LogP contribution in [0.3, 0.4) is 0 Å². The van der Waals surface area contributed by atoms with Gasteiger partial charge in [-0.1, -0.05) is 12.1 Å². The summed E-state index contributed by atoms with van der Waals surface area (Å²) in [4.78, 5) is 11.0.